The van der Waals surface area contributed by atoms with Gasteiger partial charge in [-0.25, -0.2) is 4.98 Å². The summed E-state index contributed by atoms with van der Waals surface area (Å²) in [5.41, 5.74) is 7.17. The molecule has 96 valence electrons. The van der Waals surface area contributed by atoms with Crippen LogP contribution in [0.25, 0.3) is 0 Å². The minimum atomic E-state index is -0.0927. The van der Waals surface area contributed by atoms with Gasteiger partial charge in [0.1, 0.15) is 0 Å². The number of rotatable bonds is 4. The molecule has 2 rings (SSSR count). The maximum Gasteiger partial charge on any atom is 0.0929 e. The molecule has 1 aliphatic heterocycles. The van der Waals surface area contributed by atoms with Crippen LogP contribution in [0.2, 0.25) is 0 Å². The summed E-state index contributed by atoms with van der Waals surface area (Å²) in [7, 11) is 0. The predicted molar refractivity (Wildman–Crippen MR) is 71.5 cm³/mol. The molecular formula is C13H22N2OS. The van der Waals surface area contributed by atoms with E-state index in [1.165, 1.54) is 10.7 Å². The summed E-state index contributed by atoms with van der Waals surface area (Å²) in [6.07, 6.45) is 4.22. The van der Waals surface area contributed by atoms with E-state index in [1.807, 2.05) is 0 Å². The zero-order chi connectivity index (χ0) is 12.3. The van der Waals surface area contributed by atoms with Gasteiger partial charge in [-0.15, -0.1) is 11.3 Å². The Morgan fingerprint density at radius 3 is 2.82 bits per heavy atom. The molecule has 0 unspecified atom stereocenters. The summed E-state index contributed by atoms with van der Waals surface area (Å²) in [6.45, 7) is 5.90. The Kier molecular flexibility index (Phi) is 4.17. The molecule has 2 N–H and O–H groups in total. The Morgan fingerprint density at radius 2 is 2.18 bits per heavy atom. The molecule has 1 aromatic heterocycles. The van der Waals surface area contributed by atoms with Crippen LogP contribution < -0.4 is 5.73 Å². The standard InChI is InChI=1S/C13H22N2OS/c1-13(2,14)6-3-12-15-11(9-17-12)10-4-7-16-8-5-10/h9-10H,3-8,14H2,1-2H3. The van der Waals surface area contributed by atoms with Crippen molar-refractivity contribution in [1.29, 1.82) is 0 Å². The molecule has 1 fully saturated rings. The van der Waals surface area contributed by atoms with Crippen LogP contribution in [0.4, 0.5) is 0 Å². The van der Waals surface area contributed by atoms with Gasteiger partial charge >= 0.3 is 0 Å². The number of aryl methyl sites for hydroxylation is 1. The molecule has 1 aromatic rings. The highest BCUT2D eigenvalue weighted by molar-refractivity contribution is 7.09. The monoisotopic (exact) mass is 254 g/mol. The lowest BCUT2D eigenvalue weighted by Gasteiger charge is -2.20. The van der Waals surface area contributed by atoms with Gasteiger partial charge in [0.2, 0.25) is 0 Å². The first-order valence-corrected chi connectivity index (χ1v) is 7.23. The van der Waals surface area contributed by atoms with Crippen LogP contribution in [0, 0.1) is 0 Å². The maximum atomic E-state index is 5.99. The third-order valence-corrected chi connectivity index (χ3v) is 4.12. The molecule has 0 atom stereocenters. The molecule has 1 aliphatic rings. The van der Waals surface area contributed by atoms with Gasteiger partial charge in [0.15, 0.2) is 0 Å². The van der Waals surface area contributed by atoms with E-state index in [2.05, 4.69) is 19.2 Å². The van der Waals surface area contributed by atoms with Crippen molar-refractivity contribution >= 4 is 11.3 Å². The summed E-state index contributed by atoms with van der Waals surface area (Å²) in [4.78, 5) is 4.74. The van der Waals surface area contributed by atoms with E-state index in [0.29, 0.717) is 5.92 Å². The highest BCUT2D eigenvalue weighted by Gasteiger charge is 2.19. The zero-order valence-corrected chi connectivity index (χ0v) is 11.6. The van der Waals surface area contributed by atoms with Gasteiger partial charge in [-0.3, -0.25) is 0 Å². The van der Waals surface area contributed by atoms with Crippen LogP contribution in [0.15, 0.2) is 5.38 Å². The first kappa shape index (κ1) is 13.0. The van der Waals surface area contributed by atoms with Crippen LogP contribution in [0.3, 0.4) is 0 Å². The summed E-state index contributed by atoms with van der Waals surface area (Å²) in [5.74, 6) is 0.611. The van der Waals surface area contributed by atoms with Crippen molar-refractivity contribution in [3.63, 3.8) is 0 Å². The fourth-order valence-electron chi connectivity index (χ4n) is 2.05. The van der Waals surface area contributed by atoms with Gasteiger partial charge in [0.05, 0.1) is 10.7 Å². The lowest BCUT2D eigenvalue weighted by molar-refractivity contribution is 0.0846. The molecule has 0 bridgehead atoms. The summed E-state index contributed by atoms with van der Waals surface area (Å²) < 4.78 is 5.38. The van der Waals surface area contributed by atoms with E-state index in [4.69, 9.17) is 15.5 Å². The molecule has 0 aliphatic carbocycles. The normalized spacial score (nSPS) is 18.5. The molecular weight excluding hydrogens is 232 g/mol. The van der Waals surface area contributed by atoms with Crippen LogP contribution in [0.5, 0.6) is 0 Å². The topological polar surface area (TPSA) is 48.1 Å². The van der Waals surface area contributed by atoms with E-state index >= 15 is 0 Å². The van der Waals surface area contributed by atoms with E-state index in [0.717, 1.165) is 38.9 Å². The Hall–Kier alpha value is -0.450. The van der Waals surface area contributed by atoms with Crippen molar-refractivity contribution in [3.8, 4) is 0 Å². The number of aromatic nitrogens is 1. The second kappa shape index (κ2) is 5.46. The van der Waals surface area contributed by atoms with Gasteiger partial charge in [0, 0.05) is 36.5 Å². The average molecular weight is 254 g/mol. The summed E-state index contributed by atoms with van der Waals surface area (Å²) >= 11 is 1.78. The van der Waals surface area contributed by atoms with Crippen molar-refractivity contribution in [2.75, 3.05) is 13.2 Å². The van der Waals surface area contributed by atoms with Crippen molar-refractivity contribution in [3.05, 3.63) is 16.1 Å². The second-order valence-electron chi connectivity index (χ2n) is 5.54. The highest BCUT2D eigenvalue weighted by atomic mass is 32.1. The quantitative estimate of drug-likeness (QED) is 0.898. The first-order chi connectivity index (χ1) is 8.04. The van der Waals surface area contributed by atoms with Crippen LogP contribution in [0.1, 0.15) is 49.7 Å². The van der Waals surface area contributed by atoms with Gasteiger partial charge in [-0.1, -0.05) is 0 Å². The van der Waals surface area contributed by atoms with Crippen LogP contribution in [-0.2, 0) is 11.2 Å². The minimum absolute atomic E-state index is 0.0927. The Balaban J connectivity index is 1.91. The molecule has 0 aromatic carbocycles. The largest absolute Gasteiger partial charge is 0.381 e. The Bertz CT molecular complexity index is 351. The molecule has 1 saturated heterocycles. The van der Waals surface area contributed by atoms with Crippen LogP contribution in [-0.4, -0.2) is 23.7 Å². The Labute approximate surface area is 107 Å². The average Bonchev–Trinajstić information content (AvgIpc) is 2.75. The summed E-state index contributed by atoms with van der Waals surface area (Å²) in [6, 6.07) is 0. The lowest BCUT2D eigenvalue weighted by Crippen LogP contribution is -2.32. The van der Waals surface area contributed by atoms with Gasteiger partial charge in [0.25, 0.3) is 0 Å². The third-order valence-electron chi connectivity index (χ3n) is 3.19. The van der Waals surface area contributed by atoms with E-state index in [9.17, 15) is 0 Å². The molecule has 2 heterocycles. The van der Waals surface area contributed by atoms with Crippen molar-refractivity contribution in [1.82, 2.24) is 4.98 Å². The number of nitrogens with two attached hydrogens (primary N) is 1. The first-order valence-electron chi connectivity index (χ1n) is 6.35. The predicted octanol–water partition coefficient (Wildman–Crippen LogP) is 2.71. The van der Waals surface area contributed by atoms with Crippen molar-refractivity contribution in [2.45, 2.75) is 51.0 Å². The van der Waals surface area contributed by atoms with Gasteiger partial charge < -0.3 is 10.5 Å². The summed E-state index contributed by atoms with van der Waals surface area (Å²) in [5, 5.41) is 3.44. The van der Waals surface area contributed by atoms with Crippen molar-refractivity contribution < 1.29 is 4.74 Å². The maximum absolute atomic E-state index is 5.99. The molecule has 0 amide bonds. The number of hydrogen-bond donors (Lipinski definition) is 1. The number of thiazole rings is 1. The molecule has 17 heavy (non-hydrogen) atoms. The molecule has 0 spiro atoms. The number of hydrogen-bond acceptors (Lipinski definition) is 4. The van der Waals surface area contributed by atoms with Gasteiger partial charge in [-0.2, -0.15) is 0 Å². The third kappa shape index (κ3) is 4.05. The minimum Gasteiger partial charge on any atom is -0.381 e. The van der Waals surface area contributed by atoms with E-state index < -0.39 is 0 Å². The fourth-order valence-corrected chi connectivity index (χ4v) is 2.93. The van der Waals surface area contributed by atoms with Crippen molar-refractivity contribution in [2.24, 2.45) is 5.73 Å². The molecule has 0 saturated carbocycles. The van der Waals surface area contributed by atoms with E-state index in [-0.39, 0.29) is 5.54 Å². The molecule has 0 radical (unpaired) electrons. The number of nitrogens with zero attached hydrogens (tertiary/aromatic N) is 1. The van der Waals surface area contributed by atoms with Crippen LogP contribution >= 0.6 is 11.3 Å². The smallest absolute Gasteiger partial charge is 0.0929 e. The SMILES string of the molecule is CC(C)(N)CCc1nc(C2CCOCC2)cs1. The highest BCUT2D eigenvalue weighted by Crippen LogP contribution is 2.28. The van der Waals surface area contributed by atoms with E-state index in [1.54, 1.807) is 11.3 Å². The van der Waals surface area contributed by atoms with Gasteiger partial charge in [-0.05, 0) is 33.1 Å². The fraction of sp³-hybridized carbons (Fsp3) is 0.769. The lowest BCUT2D eigenvalue weighted by atomic mass is 9.97. The second-order valence-corrected chi connectivity index (χ2v) is 6.48. The number of ether oxygens (including phenoxy) is 1. The zero-order valence-electron chi connectivity index (χ0n) is 10.7. The molecule has 4 heteroatoms. The Morgan fingerprint density at radius 1 is 1.47 bits per heavy atom. The molecule has 3 nitrogen and oxygen atoms in total.